The van der Waals surface area contributed by atoms with Gasteiger partial charge in [0, 0.05) is 23.4 Å². The van der Waals surface area contributed by atoms with Gasteiger partial charge < -0.3 is 15.0 Å². The third-order valence-corrected chi connectivity index (χ3v) is 4.97. The Labute approximate surface area is 132 Å². The molecule has 1 fully saturated rings. The van der Waals surface area contributed by atoms with E-state index in [1.165, 1.54) is 15.7 Å². The highest BCUT2D eigenvalue weighted by molar-refractivity contribution is 7.15. The molecule has 4 nitrogen and oxygen atoms in total. The molecule has 1 aromatic heterocycles. The molecule has 0 aromatic carbocycles. The average molecular weight is 311 g/mol. The van der Waals surface area contributed by atoms with Crippen molar-refractivity contribution in [2.45, 2.75) is 59.0 Å². The van der Waals surface area contributed by atoms with Gasteiger partial charge in [0.25, 0.3) is 0 Å². The predicted octanol–water partition coefficient (Wildman–Crippen LogP) is 3.17. The number of hydrogen-bond donors (Lipinski definition) is 1. The molecule has 1 N–H and O–H groups in total. The van der Waals surface area contributed by atoms with Crippen molar-refractivity contribution < 1.29 is 4.74 Å². The van der Waals surface area contributed by atoms with Crippen molar-refractivity contribution in [1.29, 1.82) is 0 Å². The van der Waals surface area contributed by atoms with Gasteiger partial charge in [0.2, 0.25) is 0 Å². The summed E-state index contributed by atoms with van der Waals surface area (Å²) in [6, 6.07) is 0.463. The van der Waals surface area contributed by atoms with E-state index in [9.17, 15) is 0 Å². The number of anilines is 1. The quantitative estimate of drug-likeness (QED) is 0.906. The molecule has 1 saturated heterocycles. The molecule has 120 valence electrons. The van der Waals surface area contributed by atoms with E-state index in [0.29, 0.717) is 6.04 Å². The lowest BCUT2D eigenvalue weighted by Crippen LogP contribution is -2.45. The van der Waals surface area contributed by atoms with Gasteiger partial charge in [0.05, 0.1) is 24.9 Å². The zero-order valence-electron chi connectivity index (χ0n) is 14.0. The van der Waals surface area contributed by atoms with E-state index < -0.39 is 0 Å². The van der Waals surface area contributed by atoms with Gasteiger partial charge in [0.15, 0.2) is 5.13 Å². The lowest BCUT2D eigenvalue weighted by molar-refractivity contribution is 0.0929. The third-order valence-electron chi connectivity index (χ3n) is 3.88. The van der Waals surface area contributed by atoms with E-state index >= 15 is 0 Å². The number of morpholine rings is 1. The minimum absolute atomic E-state index is 0.0908. The van der Waals surface area contributed by atoms with E-state index in [0.717, 1.165) is 39.3 Å². The summed E-state index contributed by atoms with van der Waals surface area (Å²) in [4.78, 5) is 8.82. The fraction of sp³-hybridized carbons (Fsp3) is 0.812. The zero-order valence-corrected chi connectivity index (χ0v) is 14.8. The summed E-state index contributed by atoms with van der Waals surface area (Å²) >= 11 is 1.85. The molecule has 1 unspecified atom stereocenters. The van der Waals surface area contributed by atoms with Crippen LogP contribution >= 0.6 is 11.3 Å². The van der Waals surface area contributed by atoms with Crippen LogP contribution in [0.2, 0.25) is 0 Å². The first kappa shape index (κ1) is 16.7. The standard InChI is InChI=1S/C16H29N3OS/c1-6-12-11-20-9-8-19(12)15-18-14(16(3,4)5)13(21-15)10-17-7-2/h12,17H,6-11H2,1-5H3. The highest BCUT2D eigenvalue weighted by Crippen LogP contribution is 2.35. The maximum Gasteiger partial charge on any atom is 0.186 e. The molecule has 0 radical (unpaired) electrons. The molecule has 0 bridgehead atoms. The molecular weight excluding hydrogens is 282 g/mol. The van der Waals surface area contributed by atoms with Crippen LogP contribution in [0.1, 0.15) is 51.6 Å². The maximum atomic E-state index is 5.62. The van der Waals surface area contributed by atoms with Gasteiger partial charge in [-0.2, -0.15) is 0 Å². The van der Waals surface area contributed by atoms with Crippen molar-refractivity contribution in [3.63, 3.8) is 0 Å². The molecule has 0 saturated carbocycles. The second-order valence-corrected chi connectivity index (χ2v) is 7.69. The van der Waals surface area contributed by atoms with Crippen molar-refractivity contribution in [3.05, 3.63) is 10.6 Å². The zero-order chi connectivity index (χ0) is 15.5. The first-order valence-corrected chi connectivity index (χ1v) is 8.84. The van der Waals surface area contributed by atoms with E-state index in [1.807, 2.05) is 11.3 Å². The Morgan fingerprint density at radius 2 is 2.14 bits per heavy atom. The van der Waals surface area contributed by atoms with Crippen LogP contribution < -0.4 is 10.2 Å². The molecule has 2 heterocycles. The topological polar surface area (TPSA) is 37.4 Å². The molecule has 2 rings (SSSR count). The predicted molar refractivity (Wildman–Crippen MR) is 90.4 cm³/mol. The number of nitrogens with zero attached hydrogens (tertiary/aromatic N) is 2. The Morgan fingerprint density at radius 3 is 2.76 bits per heavy atom. The highest BCUT2D eigenvalue weighted by Gasteiger charge is 2.28. The second-order valence-electron chi connectivity index (χ2n) is 6.63. The van der Waals surface area contributed by atoms with Crippen LogP contribution in [0.3, 0.4) is 0 Å². The van der Waals surface area contributed by atoms with Crippen LogP contribution in [-0.2, 0) is 16.7 Å². The van der Waals surface area contributed by atoms with Crippen LogP contribution in [-0.4, -0.2) is 37.3 Å². The summed E-state index contributed by atoms with van der Waals surface area (Å²) in [6.07, 6.45) is 1.10. The largest absolute Gasteiger partial charge is 0.377 e. The molecule has 1 aromatic rings. The third kappa shape index (κ3) is 3.96. The van der Waals surface area contributed by atoms with Gasteiger partial charge in [-0.15, -0.1) is 11.3 Å². The molecule has 21 heavy (non-hydrogen) atoms. The van der Waals surface area contributed by atoms with Gasteiger partial charge in [-0.05, 0) is 13.0 Å². The molecule has 0 aliphatic carbocycles. The minimum Gasteiger partial charge on any atom is -0.377 e. The summed E-state index contributed by atoms with van der Waals surface area (Å²) in [5, 5.41) is 4.62. The van der Waals surface area contributed by atoms with Gasteiger partial charge >= 0.3 is 0 Å². The van der Waals surface area contributed by atoms with Crippen molar-refractivity contribution in [2.75, 3.05) is 31.2 Å². The summed E-state index contributed by atoms with van der Waals surface area (Å²) in [5.74, 6) is 0. The molecule has 0 spiro atoms. The average Bonchev–Trinajstić information content (AvgIpc) is 2.89. The van der Waals surface area contributed by atoms with E-state index in [-0.39, 0.29) is 5.41 Å². The number of rotatable bonds is 5. The second kappa shape index (κ2) is 7.07. The Morgan fingerprint density at radius 1 is 1.38 bits per heavy atom. The number of aromatic nitrogens is 1. The van der Waals surface area contributed by atoms with Crippen LogP contribution in [0.25, 0.3) is 0 Å². The van der Waals surface area contributed by atoms with Crippen molar-refractivity contribution >= 4 is 16.5 Å². The Kier molecular flexibility index (Phi) is 5.63. The van der Waals surface area contributed by atoms with Crippen molar-refractivity contribution in [2.24, 2.45) is 0 Å². The number of nitrogens with one attached hydrogen (secondary N) is 1. The van der Waals surface area contributed by atoms with Gasteiger partial charge in [0.1, 0.15) is 0 Å². The summed E-state index contributed by atoms with van der Waals surface area (Å²) in [6.45, 7) is 15.6. The fourth-order valence-corrected chi connectivity index (χ4v) is 3.99. The van der Waals surface area contributed by atoms with Crippen molar-refractivity contribution in [3.8, 4) is 0 Å². The Hall–Kier alpha value is -0.650. The smallest absolute Gasteiger partial charge is 0.186 e. The number of thiazole rings is 1. The van der Waals surface area contributed by atoms with Gasteiger partial charge in [-0.1, -0.05) is 34.6 Å². The van der Waals surface area contributed by atoms with Gasteiger partial charge in [-0.3, -0.25) is 0 Å². The summed E-state index contributed by atoms with van der Waals surface area (Å²) in [5.41, 5.74) is 1.33. The SMILES string of the molecule is CCNCc1sc(N2CCOCC2CC)nc1C(C)(C)C. The molecular formula is C16H29N3OS. The van der Waals surface area contributed by atoms with Crippen LogP contribution in [0, 0.1) is 0 Å². The molecule has 5 heteroatoms. The summed E-state index contributed by atoms with van der Waals surface area (Å²) in [7, 11) is 0. The van der Waals surface area contributed by atoms with E-state index in [4.69, 9.17) is 9.72 Å². The number of hydrogen-bond acceptors (Lipinski definition) is 5. The lowest BCUT2D eigenvalue weighted by Gasteiger charge is -2.34. The Bertz CT molecular complexity index is 453. The minimum atomic E-state index is 0.0908. The molecule has 1 aliphatic rings. The van der Waals surface area contributed by atoms with E-state index in [1.54, 1.807) is 0 Å². The molecule has 1 aliphatic heterocycles. The van der Waals surface area contributed by atoms with Crippen molar-refractivity contribution in [1.82, 2.24) is 10.3 Å². The number of ether oxygens (including phenoxy) is 1. The highest BCUT2D eigenvalue weighted by atomic mass is 32.1. The lowest BCUT2D eigenvalue weighted by atomic mass is 9.91. The normalized spacial score (nSPS) is 20.0. The van der Waals surface area contributed by atoms with E-state index in [2.05, 4.69) is 44.8 Å². The maximum absolute atomic E-state index is 5.62. The molecule has 1 atom stereocenters. The first-order valence-electron chi connectivity index (χ1n) is 8.02. The monoisotopic (exact) mass is 311 g/mol. The Balaban J connectivity index is 2.29. The summed E-state index contributed by atoms with van der Waals surface area (Å²) < 4.78 is 5.62. The molecule has 0 amide bonds. The van der Waals surface area contributed by atoms with Crippen LogP contribution in [0.15, 0.2) is 0 Å². The fourth-order valence-electron chi connectivity index (χ4n) is 2.65. The first-order chi connectivity index (χ1) is 9.97. The van der Waals surface area contributed by atoms with Crippen LogP contribution in [0.5, 0.6) is 0 Å². The van der Waals surface area contributed by atoms with Crippen LogP contribution in [0.4, 0.5) is 5.13 Å². The van der Waals surface area contributed by atoms with Gasteiger partial charge in [-0.25, -0.2) is 4.98 Å².